The number of carbonyl (C=O) groups is 1. The van der Waals surface area contributed by atoms with Gasteiger partial charge in [-0.3, -0.25) is 4.79 Å². The lowest BCUT2D eigenvalue weighted by Crippen LogP contribution is -2.25. The van der Waals surface area contributed by atoms with Crippen molar-refractivity contribution in [2.45, 2.75) is 26.2 Å². The number of aryl methyl sites for hydroxylation is 1. The van der Waals surface area contributed by atoms with Gasteiger partial charge in [0.15, 0.2) is 0 Å². The summed E-state index contributed by atoms with van der Waals surface area (Å²) < 4.78 is 10.8. The molecule has 2 aromatic carbocycles. The molecule has 0 fully saturated rings. The molecule has 0 aliphatic heterocycles. The molecule has 0 atom stereocenters. The minimum Gasteiger partial charge on any atom is -0.494 e. The Labute approximate surface area is 158 Å². The van der Waals surface area contributed by atoms with Crippen molar-refractivity contribution in [1.82, 2.24) is 15.5 Å². The van der Waals surface area contributed by atoms with Crippen LogP contribution in [-0.2, 0) is 11.2 Å². The van der Waals surface area contributed by atoms with E-state index in [0.29, 0.717) is 44.1 Å². The van der Waals surface area contributed by atoms with Crippen molar-refractivity contribution in [3.63, 3.8) is 0 Å². The van der Waals surface area contributed by atoms with Gasteiger partial charge < -0.3 is 14.6 Å². The number of nitrogens with zero attached hydrogens (tertiary/aromatic N) is 2. The van der Waals surface area contributed by atoms with Crippen molar-refractivity contribution in [2.75, 3.05) is 13.2 Å². The van der Waals surface area contributed by atoms with Crippen LogP contribution in [-0.4, -0.2) is 29.2 Å². The van der Waals surface area contributed by atoms with E-state index in [9.17, 15) is 4.79 Å². The number of rotatable bonds is 9. The van der Waals surface area contributed by atoms with Gasteiger partial charge in [0.1, 0.15) is 5.75 Å². The number of hydrogen-bond donors (Lipinski definition) is 1. The molecule has 140 valence electrons. The highest BCUT2D eigenvalue weighted by molar-refractivity contribution is 5.75. The van der Waals surface area contributed by atoms with Crippen LogP contribution in [0.4, 0.5) is 0 Å². The maximum absolute atomic E-state index is 11.9. The molecule has 0 aliphatic carbocycles. The zero-order valence-electron chi connectivity index (χ0n) is 15.4. The highest BCUT2D eigenvalue weighted by Crippen LogP contribution is 2.16. The summed E-state index contributed by atoms with van der Waals surface area (Å²) in [5.74, 6) is 1.89. The Bertz CT molecular complexity index is 845. The zero-order chi connectivity index (χ0) is 18.9. The fourth-order valence-corrected chi connectivity index (χ4v) is 2.51. The summed E-state index contributed by atoms with van der Waals surface area (Å²) in [5, 5.41) is 6.85. The Balaban J connectivity index is 1.33. The Morgan fingerprint density at radius 1 is 1.11 bits per heavy atom. The van der Waals surface area contributed by atoms with E-state index in [2.05, 4.69) is 15.5 Å². The molecule has 3 rings (SSSR count). The van der Waals surface area contributed by atoms with Crippen molar-refractivity contribution >= 4 is 5.91 Å². The average Bonchev–Trinajstić information content (AvgIpc) is 3.15. The fourth-order valence-electron chi connectivity index (χ4n) is 2.51. The average molecular weight is 365 g/mol. The number of benzene rings is 2. The molecule has 1 amide bonds. The van der Waals surface area contributed by atoms with E-state index in [1.165, 1.54) is 5.56 Å². The molecule has 0 unspecified atom stereocenters. The summed E-state index contributed by atoms with van der Waals surface area (Å²) in [5.41, 5.74) is 2.09. The van der Waals surface area contributed by atoms with Crippen molar-refractivity contribution in [3.05, 3.63) is 66.1 Å². The Hall–Kier alpha value is -3.15. The van der Waals surface area contributed by atoms with E-state index in [-0.39, 0.29) is 5.91 Å². The number of nitrogens with one attached hydrogen (secondary N) is 1. The Morgan fingerprint density at radius 2 is 1.89 bits per heavy atom. The van der Waals surface area contributed by atoms with Crippen molar-refractivity contribution in [3.8, 4) is 17.1 Å². The molecule has 1 aromatic heterocycles. The quantitative estimate of drug-likeness (QED) is 0.587. The van der Waals surface area contributed by atoms with Gasteiger partial charge in [-0.1, -0.05) is 53.2 Å². The lowest BCUT2D eigenvalue weighted by atomic mass is 10.1. The lowest BCUT2D eigenvalue weighted by Gasteiger charge is -2.06. The molecule has 0 bridgehead atoms. The third kappa shape index (κ3) is 5.95. The molecule has 1 N–H and O–H groups in total. The molecule has 0 radical (unpaired) electrons. The molecular weight excluding hydrogens is 342 g/mol. The van der Waals surface area contributed by atoms with Gasteiger partial charge in [-0.25, -0.2) is 0 Å². The van der Waals surface area contributed by atoms with Crippen LogP contribution < -0.4 is 10.1 Å². The third-order valence-electron chi connectivity index (χ3n) is 4.00. The first-order valence-electron chi connectivity index (χ1n) is 9.05. The second kappa shape index (κ2) is 9.52. The molecule has 3 aromatic rings. The van der Waals surface area contributed by atoms with E-state index >= 15 is 0 Å². The van der Waals surface area contributed by atoms with Crippen molar-refractivity contribution < 1.29 is 14.1 Å². The van der Waals surface area contributed by atoms with E-state index in [4.69, 9.17) is 9.26 Å². The van der Waals surface area contributed by atoms with Gasteiger partial charge in [-0.05, 0) is 25.5 Å². The highest BCUT2D eigenvalue weighted by atomic mass is 16.5. The SMILES string of the molecule is Cc1ccc(-c2noc(CCNC(=O)CCCOc3ccccc3)n2)cc1. The van der Waals surface area contributed by atoms with E-state index in [1.54, 1.807) is 0 Å². The number of carbonyl (C=O) groups excluding carboxylic acids is 1. The van der Waals surface area contributed by atoms with Gasteiger partial charge in [0, 0.05) is 24.9 Å². The van der Waals surface area contributed by atoms with Gasteiger partial charge in [-0.15, -0.1) is 0 Å². The first-order chi connectivity index (χ1) is 13.2. The maximum atomic E-state index is 11.9. The van der Waals surface area contributed by atoms with Crippen LogP contribution in [0.25, 0.3) is 11.4 Å². The molecular formula is C21H23N3O3. The van der Waals surface area contributed by atoms with Crippen LogP contribution >= 0.6 is 0 Å². The second-order valence-corrected chi connectivity index (χ2v) is 6.24. The predicted molar refractivity (Wildman–Crippen MR) is 102 cm³/mol. The molecule has 1 heterocycles. The largest absolute Gasteiger partial charge is 0.494 e. The number of aromatic nitrogens is 2. The van der Waals surface area contributed by atoms with E-state index in [1.807, 2.05) is 61.5 Å². The van der Waals surface area contributed by atoms with Crippen LogP contribution in [0.2, 0.25) is 0 Å². The topological polar surface area (TPSA) is 77.2 Å². The van der Waals surface area contributed by atoms with Crippen molar-refractivity contribution in [2.24, 2.45) is 0 Å². The van der Waals surface area contributed by atoms with Crippen LogP contribution in [0.3, 0.4) is 0 Å². The predicted octanol–water partition coefficient (Wildman–Crippen LogP) is 3.56. The van der Waals surface area contributed by atoms with Crippen LogP contribution in [0.5, 0.6) is 5.75 Å². The zero-order valence-corrected chi connectivity index (χ0v) is 15.4. The summed E-state index contributed by atoms with van der Waals surface area (Å²) in [7, 11) is 0. The van der Waals surface area contributed by atoms with Gasteiger partial charge in [-0.2, -0.15) is 4.98 Å². The Kier molecular flexibility index (Phi) is 6.57. The summed E-state index contributed by atoms with van der Waals surface area (Å²) in [6.07, 6.45) is 1.59. The van der Waals surface area contributed by atoms with Gasteiger partial charge in [0.05, 0.1) is 6.61 Å². The number of amides is 1. The molecule has 0 aliphatic rings. The first-order valence-corrected chi connectivity index (χ1v) is 9.05. The number of hydrogen-bond acceptors (Lipinski definition) is 5. The summed E-state index contributed by atoms with van der Waals surface area (Å²) in [6.45, 7) is 3.01. The van der Waals surface area contributed by atoms with Crippen LogP contribution in [0.1, 0.15) is 24.3 Å². The third-order valence-corrected chi connectivity index (χ3v) is 4.00. The molecule has 0 saturated heterocycles. The van der Waals surface area contributed by atoms with Crippen LogP contribution in [0, 0.1) is 6.92 Å². The maximum Gasteiger partial charge on any atom is 0.228 e. The van der Waals surface area contributed by atoms with Crippen LogP contribution in [0.15, 0.2) is 59.1 Å². The van der Waals surface area contributed by atoms with E-state index in [0.717, 1.165) is 11.3 Å². The minimum atomic E-state index is -0.00932. The molecule has 6 heteroatoms. The molecule has 27 heavy (non-hydrogen) atoms. The van der Waals surface area contributed by atoms with E-state index < -0.39 is 0 Å². The van der Waals surface area contributed by atoms with Gasteiger partial charge in [0.2, 0.25) is 17.6 Å². The van der Waals surface area contributed by atoms with Crippen molar-refractivity contribution in [1.29, 1.82) is 0 Å². The summed E-state index contributed by atoms with van der Waals surface area (Å²) in [6, 6.07) is 17.5. The molecule has 6 nitrogen and oxygen atoms in total. The highest BCUT2D eigenvalue weighted by Gasteiger charge is 2.09. The molecule has 0 spiro atoms. The fraction of sp³-hybridized carbons (Fsp3) is 0.286. The first kappa shape index (κ1) is 18.6. The lowest BCUT2D eigenvalue weighted by molar-refractivity contribution is -0.121. The number of ether oxygens (including phenoxy) is 1. The normalized spacial score (nSPS) is 10.6. The van der Waals surface area contributed by atoms with Gasteiger partial charge >= 0.3 is 0 Å². The Morgan fingerprint density at radius 3 is 2.67 bits per heavy atom. The molecule has 0 saturated carbocycles. The summed E-state index contributed by atoms with van der Waals surface area (Å²) >= 11 is 0. The smallest absolute Gasteiger partial charge is 0.228 e. The van der Waals surface area contributed by atoms with Gasteiger partial charge in [0.25, 0.3) is 0 Å². The number of para-hydroxylation sites is 1. The summed E-state index contributed by atoms with van der Waals surface area (Å²) in [4.78, 5) is 16.2. The standard InChI is InChI=1S/C21H23N3O3/c1-16-9-11-17(12-10-16)21-23-20(27-24-21)13-14-22-19(25)8-5-15-26-18-6-3-2-4-7-18/h2-4,6-7,9-12H,5,8,13-15H2,1H3,(H,22,25). The second-order valence-electron chi connectivity index (χ2n) is 6.24. The minimum absolute atomic E-state index is 0.00932. The monoisotopic (exact) mass is 365 g/mol.